The van der Waals surface area contributed by atoms with Crippen LogP contribution in [0.4, 0.5) is 11.4 Å². The Labute approximate surface area is 215 Å². The first-order valence-corrected chi connectivity index (χ1v) is 12.8. The zero-order valence-corrected chi connectivity index (χ0v) is 22.2. The molecule has 0 saturated carbocycles. The predicted molar refractivity (Wildman–Crippen MR) is 150 cm³/mol. The van der Waals surface area contributed by atoms with Crippen LogP contribution in [0.5, 0.6) is 0 Å². The van der Waals surface area contributed by atoms with Crippen molar-refractivity contribution in [3.8, 4) is 0 Å². The number of ketones is 1. The van der Waals surface area contributed by atoms with Crippen LogP contribution < -0.4 is 9.80 Å². The second-order valence-corrected chi connectivity index (χ2v) is 10.3. The summed E-state index contributed by atoms with van der Waals surface area (Å²) in [4.78, 5) is 17.1. The van der Waals surface area contributed by atoms with Gasteiger partial charge in [0.05, 0.1) is 0 Å². The molecular formula is C31H35ClN2O. The number of halogens is 1. The Bertz CT molecular complexity index is 1230. The number of benzene rings is 2. The summed E-state index contributed by atoms with van der Waals surface area (Å²) in [6.07, 6.45) is 10.8. The van der Waals surface area contributed by atoms with Gasteiger partial charge in [0.15, 0.2) is 5.78 Å². The molecule has 0 N–H and O–H groups in total. The molecule has 0 atom stereocenters. The van der Waals surface area contributed by atoms with Crippen molar-refractivity contribution in [3.63, 3.8) is 0 Å². The van der Waals surface area contributed by atoms with E-state index in [9.17, 15) is 4.79 Å². The number of fused-ring (bicyclic) bond motifs is 1. The first kappa shape index (κ1) is 25.1. The van der Waals surface area contributed by atoms with Crippen LogP contribution in [0.1, 0.15) is 56.0 Å². The fourth-order valence-corrected chi connectivity index (χ4v) is 5.38. The summed E-state index contributed by atoms with van der Waals surface area (Å²) >= 11 is 6.85. The number of likely N-dealkylation sites (N-methyl/N-ethyl adjacent to an activating group) is 1. The van der Waals surface area contributed by atoms with Crippen LogP contribution in [-0.2, 0) is 5.41 Å². The van der Waals surface area contributed by atoms with Crippen LogP contribution in [0.15, 0.2) is 94.7 Å². The Morgan fingerprint density at radius 2 is 1.77 bits per heavy atom. The maximum absolute atomic E-state index is 12.7. The standard InChI is InChI=1S/C31H35ClN2O/c1-6-34-27-13-8-7-12-26(27)31(2,3)29(34)21-17-24-11-9-10-23(30(24)32)16-20-28(35)22-14-18-25(19-15-22)33(4)5/h7-8,12-21H,6,9-11H2,1-5H3/b20-16+,24-17-,29-21-. The highest BCUT2D eigenvalue weighted by molar-refractivity contribution is 6.32. The van der Waals surface area contributed by atoms with Gasteiger partial charge in [-0.2, -0.15) is 0 Å². The van der Waals surface area contributed by atoms with E-state index in [1.54, 1.807) is 6.08 Å². The molecular weight excluding hydrogens is 452 g/mol. The van der Waals surface area contributed by atoms with Gasteiger partial charge in [0.25, 0.3) is 0 Å². The molecule has 3 nitrogen and oxygen atoms in total. The Morgan fingerprint density at radius 1 is 1.06 bits per heavy atom. The largest absolute Gasteiger partial charge is 0.378 e. The number of hydrogen-bond acceptors (Lipinski definition) is 3. The monoisotopic (exact) mass is 486 g/mol. The molecule has 0 saturated heterocycles. The fraction of sp³-hybridized carbons (Fsp3) is 0.323. The van der Waals surface area contributed by atoms with E-state index in [0.717, 1.165) is 47.7 Å². The maximum atomic E-state index is 12.7. The lowest BCUT2D eigenvalue weighted by atomic mass is 9.83. The molecule has 4 rings (SSSR count). The Morgan fingerprint density at radius 3 is 2.46 bits per heavy atom. The van der Waals surface area contributed by atoms with E-state index in [1.165, 1.54) is 16.9 Å². The van der Waals surface area contributed by atoms with Gasteiger partial charge in [0, 0.05) is 53.7 Å². The van der Waals surface area contributed by atoms with Gasteiger partial charge in [-0.3, -0.25) is 4.79 Å². The van der Waals surface area contributed by atoms with Crippen molar-refractivity contribution < 1.29 is 4.79 Å². The van der Waals surface area contributed by atoms with Gasteiger partial charge in [-0.05, 0) is 85.4 Å². The lowest BCUT2D eigenvalue weighted by molar-refractivity contribution is 0.104. The van der Waals surface area contributed by atoms with Crippen molar-refractivity contribution in [2.45, 2.75) is 45.4 Å². The highest BCUT2D eigenvalue weighted by Crippen LogP contribution is 2.47. The second kappa shape index (κ2) is 10.3. The van der Waals surface area contributed by atoms with Crippen molar-refractivity contribution in [1.82, 2.24) is 0 Å². The number of allylic oxidation sites excluding steroid dienone is 8. The first-order chi connectivity index (χ1) is 16.7. The lowest BCUT2D eigenvalue weighted by Crippen LogP contribution is -2.25. The quantitative estimate of drug-likeness (QED) is 0.307. The van der Waals surface area contributed by atoms with Crippen LogP contribution in [0, 0.1) is 0 Å². The minimum atomic E-state index is -0.0637. The van der Waals surface area contributed by atoms with Crippen LogP contribution in [0.3, 0.4) is 0 Å². The average Bonchev–Trinajstić information content (AvgIpc) is 3.08. The van der Waals surface area contributed by atoms with Crippen molar-refractivity contribution in [2.24, 2.45) is 0 Å². The van der Waals surface area contributed by atoms with E-state index in [1.807, 2.05) is 49.3 Å². The van der Waals surface area contributed by atoms with Crippen molar-refractivity contribution in [1.29, 1.82) is 0 Å². The average molecular weight is 487 g/mol. The number of nitrogens with zero attached hydrogens (tertiary/aromatic N) is 2. The Kier molecular flexibility index (Phi) is 7.37. The number of carbonyl (C=O) groups excluding carboxylic acids is 1. The summed E-state index contributed by atoms with van der Waals surface area (Å²) < 4.78 is 0. The van der Waals surface area contributed by atoms with E-state index in [-0.39, 0.29) is 11.2 Å². The minimum absolute atomic E-state index is 0.00505. The van der Waals surface area contributed by atoms with Gasteiger partial charge in [-0.25, -0.2) is 0 Å². The van der Waals surface area contributed by atoms with E-state index in [4.69, 9.17) is 11.6 Å². The molecule has 1 aliphatic carbocycles. The predicted octanol–water partition coefficient (Wildman–Crippen LogP) is 7.80. The van der Waals surface area contributed by atoms with Crippen molar-refractivity contribution >= 4 is 28.8 Å². The molecule has 4 heteroatoms. The van der Waals surface area contributed by atoms with E-state index < -0.39 is 0 Å². The van der Waals surface area contributed by atoms with Gasteiger partial charge in [0.1, 0.15) is 0 Å². The van der Waals surface area contributed by atoms with Crippen LogP contribution in [0.25, 0.3) is 0 Å². The van der Waals surface area contributed by atoms with Crippen LogP contribution >= 0.6 is 11.6 Å². The summed E-state index contributed by atoms with van der Waals surface area (Å²) in [6, 6.07) is 16.3. The van der Waals surface area contributed by atoms with Gasteiger partial charge in [-0.1, -0.05) is 55.8 Å². The summed E-state index contributed by atoms with van der Waals surface area (Å²) in [5, 5.41) is 0.775. The van der Waals surface area contributed by atoms with Crippen LogP contribution in [0.2, 0.25) is 0 Å². The third-order valence-corrected chi connectivity index (χ3v) is 7.60. The summed E-state index contributed by atoms with van der Waals surface area (Å²) in [5.41, 5.74) is 7.79. The minimum Gasteiger partial charge on any atom is -0.378 e. The molecule has 0 bridgehead atoms. The van der Waals surface area contributed by atoms with E-state index in [2.05, 4.69) is 62.1 Å². The first-order valence-electron chi connectivity index (χ1n) is 12.4. The summed E-state index contributed by atoms with van der Waals surface area (Å²) in [6.45, 7) is 7.69. The molecule has 1 aliphatic heterocycles. The van der Waals surface area contributed by atoms with Gasteiger partial charge in [0.2, 0.25) is 0 Å². The van der Waals surface area contributed by atoms with Gasteiger partial charge < -0.3 is 9.80 Å². The number of hydrogen-bond donors (Lipinski definition) is 0. The zero-order chi connectivity index (χ0) is 25.2. The second-order valence-electron chi connectivity index (χ2n) is 9.96. The summed E-state index contributed by atoms with van der Waals surface area (Å²) in [5.74, 6) is -0.00505. The third kappa shape index (κ3) is 5.01. The normalized spacial score (nSPS) is 19.7. The fourth-order valence-electron chi connectivity index (χ4n) is 5.07. The molecule has 0 amide bonds. The molecule has 0 radical (unpaired) electrons. The highest BCUT2D eigenvalue weighted by atomic mass is 35.5. The number of carbonyl (C=O) groups is 1. The number of para-hydroxylation sites is 1. The Balaban J connectivity index is 1.58. The van der Waals surface area contributed by atoms with Crippen LogP contribution in [-0.4, -0.2) is 26.4 Å². The topological polar surface area (TPSA) is 23.6 Å². The molecule has 0 fully saturated rings. The molecule has 0 spiro atoms. The molecule has 0 aromatic heterocycles. The smallest absolute Gasteiger partial charge is 0.185 e. The van der Waals surface area contributed by atoms with E-state index in [0.29, 0.717) is 5.56 Å². The van der Waals surface area contributed by atoms with Gasteiger partial charge in [-0.15, -0.1) is 0 Å². The van der Waals surface area contributed by atoms with Gasteiger partial charge >= 0.3 is 0 Å². The SMILES string of the molecule is CCN1/C(=C\C=C2\CCCC(/C=C/C(=O)c3ccc(N(C)C)cc3)=C2Cl)C(C)(C)c2ccccc21. The maximum Gasteiger partial charge on any atom is 0.185 e. The summed E-state index contributed by atoms with van der Waals surface area (Å²) in [7, 11) is 3.98. The number of anilines is 2. The highest BCUT2D eigenvalue weighted by Gasteiger charge is 2.38. The van der Waals surface area contributed by atoms with Crippen molar-refractivity contribution in [2.75, 3.05) is 30.4 Å². The van der Waals surface area contributed by atoms with E-state index >= 15 is 0 Å². The molecule has 0 unspecified atom stereocenters. The zero-order valence-electron chi connectivity index (χ0n) is 21.4. The molecule has 182 valence electrons. The molecule has 1 heterocycles. The van der Waals surface area contributed by atoms with Crippen molar-refractivity contribution in [3.05, 3.63) is 106 Å². The number of rotatable bonds is 6. The Hall–Kier alpha value is -3.04. The molecule has 2 aliphatic rings. The lowest BCUT2D eigenvalue weighted by Gasteiger charge is -2.26. The molecule has 2 aromatic carbocycles. The third-order valence-electron chi connectivity index (χ3n) is 7.12. The molecule has 2 aromatic rings. The molecule has 35 heavy (non-hydrogen) atoms.